The fourth-order valence-electron chi connectivity index (χ4n) is 3.56. The van der Waals surface area contributed by atoms with Crippen molar-refractivity contribution in [3.63, 3.8) is 0 Å². The van der Waals surface area contributed by atoms with Crippen LogP contribution in [0.25, 0.3) is 0 Å². The lowest BCUT2D eigenvalue weighted by Crippen LogP contribution is -2.32. The highest BCUT2D eigenvalue weighted by Gasteiger charge is 2.19. The topological polar surface area (TPSA) is 67.3 Å². The van der Waals surface area contributed by atoms with Crippen molar-refractivity contribution in [3.05, 3.63) is 76.5 Å². The molecule has 0 saturated heterocycles. The Kier molecular flexibility index (Phi) is 5.65. The van der Waals surface area contributed by atoms with Gasteiger partial charge in [0, 0.05) is 30.5 Å². The van der Waals surface area contributed by atoms with Gasteiger partial charge in [-0.05, 0) is 61.6 Å². The average molecular weight is 402 g/mol. The van der Waals surface area contributed by atoms with Crippen LogP contribution in [0.1, 0.15) is 27.9 Å². The SMILES string of the molecule is Cc1cc(OCC(=O)Nc2ccc(C)c(C)c2)nc(N2CCc3ccccc3C2)n1. The number of hydrogen-bond donors (Lipinski definition) is 1. The summed E-state index contributed by atoms with van der Waals surface area (Å²) < 4.78 is 5.69. The van der Waals surface area contributed by atoms with Gasteiger partial charge in [0.15, 0.2) is 6.61 Å². The van der Waals surface area contributed by atoms with Crippen LogP contribution in [0, 0.1) is 20.8 Å². The van der Waals surface area contributed by atoms with E-state index >= 15 is 0 Å². The Hall–Kier alpha value is -3.41. The predicted molar refractivity (Wildman–Crippen MR) is 118 cm³/mol. The first-order valence-corrected chi connectivity index (χ1v) is 10.2. The average Bonchev–Trinajstić information content (AvgIpc) is 2.74. The van der Waals surface area contributed by atoms with Crippen LogP contribution in [0.5, 0.6) is 5.88 Å². The van der Waals surface area contributed by atoms with Crippen LogP contribution >= 0.6 is 0 Å². The van der Waals surface area contributed by atoms with Crippen LogP contribution in [-0.4, -0.2) is 29.0 Å². The quantitative estimate of drug-likeness (QED) is 0.699. The van der Waals surface area contributed by atoms with Crippen LogP contribution in [0.2, 0.25) is 0 Å². The van der Waals surface area contributed by atoms with Crippen molar-refractivity contribution in [2.24, 2.45) is 0 Å². The van der Waals surface area contributed by atoms with Gasteiger partial charge in [-0.15, -0.1) is 0 Å². The number of amides is 1. The summed E-state index contributed by atoms with van der Waals surface area (Å²) in [5, 5.41) is 2.87. The first-order chi connectivity index (χ1) is 14.5. The lowest BCUT2D eigenvalue weighted by molar-refractivity contribution is -0.118. The van der Waals surface area contributed by atoms with E-state index in [1.165, 1.54) is 16.7 Å². The number of ether oxygens (including phenoxy) is 1. The molecule has 3 aromatic rings. The molecule has 1 N–H and O–H groups in total. The summed E-state index contributed by atoms with van der Waals surface area (Å²) in [6.45, 7) is 7.49. The molecule has 4 rings (SSSR count). The maximum absolute atomic E-state index is 12.3. The van der Waals surface area contributed by atoms with E-state index < -0.39 is 0 Å². The van der Waals surface area contributed by atoms with Crippen molar-refractivity contribution >= 4 is 17.5 Å². The number of nitrogens with zero attached hydrogens (tertiary/aromatic N) is 3. The highest BCUT2D eigenvalue weighted by Crippen LogP contribution is 2.24. The summed E-state index contributed by atoms with van der Waals surface area (Å²) >= 11 is 0. The molecule has 0 bridgehead atoms. The fourth-order valence-corrected chi connectivity index (χ4v) is 3.56. The molecule has 0 spiro atoms. The normalized spacial score (nSPS) is 13.0. The summed E-state index contributed by atoms with van der Waals surface area (Å²) in [6.07, 6.45) is 0.960. The van der Waals surface area contributed by atoms with E-state index in [1.54, 1.807) is 6.07 Å². The van der Waals surface area contributed by atoms with Crippen molar-refractivity contribution in [1.29, 1.82) is 0 Å². The van der Waals surface area contributed by atoms with Gasteiger partial charge in [0.25, 0.3) is 5.91 Å². The number of hydrogen-bond acceptors (Lipinski definition) is 5. The molecule has 1 aliphatic rings. The molecule has 0 saturated carbocycles. The Morgan fingerprint density at radius 2 is 1.83 bits per heavy atom. The zero-order valence-corrected chi connectivity index (χ0v) is 17.6. The molecule has 0 unspecified atom stereocenters. The lowest BCUT2D eigenvalue weighted by Gasteiger charge is -2.29. The summed E-state index contributed by atoms with van der Waals surface area (Å²) in [4.78, 5) is 23.6. The van der Waals surface area contributed by atoms with Gasteiger partial charge in [-0.1, -0.05) is 30.3 Å². The molecule has 1 aromatic heterocycles. The monoisotopic (exact) mass is 402 g/mol. The van der Waals surface area contributed by atoms with Crippen molar-refractivity contribution in [2.45, 2.75) is 33.7 Å². The van der Waals surface area contributed by atoms with Crippen LogP contribution in [-0.2, 0) is 17.8 Å². The first-order valence-electron chi connectivity index (χ1n) is 10.2. The van der Waals surface area contributed by atoms with Crippen LogP contribution in [0.3, 0.4) is 0 Å². The molecule has 6 nitrogen and oxygen atoms in total. The van der Waals surface area contributed by atoms with Gasteiger partial charge in [-0.2, -0.15) is 4.98 Å². The second-order valence-electron chi connectivity index (χ2n) is 7.72. The summed E-state index contributed by atoms with van der Waals surface area (Å²) in [6, 6.07) is 16.0. The summed E-state index contributed by atoms with van der Waals surface area (Å²) in [5.41, 5.74) is 6.56. The van der Waals surface area contributed by atoms with Crippen molar-refractivity contribution in [1.82, 2.24) is 9.97 Å². The molecule has 1 amide bonds. The second kappa shape index (κ2) is 8.53. The minimum Gasteiger partial charge on any atom is -0.467 e. The third-order valence-electron chi connectivity index (χ3n) is 5.37. The Bertz CT molecular complexity index is 1080. The van der Waals surface area contributed by atoms with E-state index in [9.17, 15) is 4.79 Å². The molecule has 6 heteroatoms. The number of rotatable bonds is 5. The molecule has 2 aromatic carbocycles. The van der Waals surface area contributed by atoms with Gasteiger partial charge >= 0.3 is 0 Å². The van der Waals surface area contributed by atoms with E-state index in [2.05, 4.69) is 44.5 Å². The number of carbonyl (C=O) groups is 1. The Morgan fingerprint density at radius 3 is 2.63 bits per heavy atom. The number of carbonyl (C=O) groups excluding carboxylic acids is 1. The van der Waals surface area contributed by atoms with E-state index in [0.717, 1.165) is 36.5 Å². The fraction of sp³-hybridized carbons (Fsp3) is 0.292. The molecular formula is C24H26N4O2. The minimum atomic E-state index is -0.219. The highest BCUT2D eigenvalue weighted by atomic mass is 16.5. The molecule has 30 heavy (non-hydrogen) atoms. The number of fused-ring (bicyclic) bond motifs is 1. The van der Waals surface area contributed by atoms with Gasteiger partial charge in [0.05, 0.1) is 0 Å². The number of aryl methyl sites for hydroxylation is 3. The summed E-state index contributed by atoms with van der Waals surface area (Å²) in [5.74, 6) is 0.823. The molecule has 0 aliphatic carbocycles. The van der Waals surface area contributed by atoms with Crippen LogP contribution in [0.4, 0.5) is 11.6 Å². The largest absolute Gasteiger partial charge is 0.467 e. The molecule has 1 aliphatic heterocycles. The standard InChI is InChI=1S/C24H26N4O2/c1-16-8-9-21(12-17(16)2)26-22(29)15-30-23-13-18(3)25-24(27-23)28-11-10-19-6-4-5-7-20(19)14-28/h4-9,12-13H,10-11,14-15H2,1-3H3,(H,26,29). The third kappa shape index (κ3) is 4.59. The van der Waals surface area contributed by atoms with E-state index in [-0.39, 0.29) is 12.5 Å². The van der Waals surface area contributed by atoms with E-state index in [4.69, 9.17) is 4.74 Å². The number of nitrogens with one attached hydrogen (secondary N) is 1. The summed E-state index contributed by atoms with van der Waals surface area (Å²) in [7, 11) is 0. The van der Waals surface area contributed by atoms with Gasteiger partial charge < -0.3 is 15.0 Å². The van der Waals surface area contributed by atoms with Crippen LogP contribution < -0.4 is 15.0 Å². The van der Waals surface area contributed by atoms with Crippen LogP contribution in [0.15, 0.2) is 48.5 Å². The van der Waals surface area contributed by atoms with E-state index in [1.807, 2.05) is 39.0 Å². The van der Waals surface area contributed by atoms with Crippen molar-refractivity contribution in [3.8, 4) is 5.88 Å². The smallest absolute Gasteiger partial charge is 0.262 e. The van der Waals surface area contributed by atoms with Crippen molar-refractivity contribution < 1.29 is 9.53 Å². The zero-order chi connectivity index (χ0) is 21.1. The second-order valence-corrected chi connectivity index (χ2v) is 7.72. The van der Waals surface area contributed by atoms with Gasteiger partial charge in [-0.3, -0.25) is 4.79 Å². The third-order valence-corrected chi connectivity index (χ3v) is 5.37. The van der Waals surface area contributed by atoms with Gasteiger partial charge in [-0.25, -0.2) is 4.98 Å². The maximum Gasteiger partial charge on any atom is 0.262 e. The Morgan fingerprint density at radius 1 is 1.03 bits per heavy atom. The molecule has 0 radical (unpaired) electrons. The lowest BCUT2D eigenvalue weighted by atomic mass is 10.0. The van der Waals surface area contributed by atoms with E-state index in [0.29, 0.717) is 11.8 Å². The molecule has 2 heterocycles. The zero-order valence-electron chi connectivity index (χ0n) is 17.6. The Labute approximate surface area is 176 Å². The van der Waals surface area contributed by atoms with Crippen molar-refractivity contribution in [2.75, 3.05) is 23.4 Å². The van der Waals surface area contributed by atoms with Gasteiger partial charge in [0.2, 0.25) is 11.8 Å². The number of benzene rings is 2. The number of anilines is 2. The first kappa shape index (κ1) is 19.9. The molecule has 154 valence electrons. The minimum absolute atomic E-state index is 0.106. The highest BCUT2D eigenvalue weighted by molar-refractivity contribution is 5.92. The number of aromatic nitrogens is 2. The molecule has 0 atom stereocenters. The maximum atomic E-state index is 12.3. The molecular weight excluding hydrogens is 376 g/mol. The molecule has 0 fully saturated rings. The Balaban J connectivity index is 1.41. The predicted octanol–water partition coefficient (Wildman–Crippen LogP) is 3.98. The van der Waals surface area contributed by atoms with Gasteiger partial charge in [0.1, 0.15) is 0 Å².